The van der Waals surface area contributed by atoms with Gasteiger partial charge in [-0.2, -0.15) is 0 Å². The number of hydrogen-bond donors (Lipinski definition) is 2. The second-order valence-corrected chi connectivity index (χ2v) is 11.7. The van der Waals surface area contributed by atoms with Gasteiger partial charge in [0, 0.05) is 43.4 Å². The summed E-state index contributed by atoms with van der Waals surface area (Å²) in [6, 6.07) is 29.7. The number of hydrogen-bond acceptors (Lipinski definition) is 4. The lowest BCUT2D eigenvalue weighted by molar-refractivity contribution is -0.136. The third-order valence-electron chi connectivity index (χ3n) is 8.34. The summed E-state index contributed by atoms with van der Waals surface area (Å²) in [6.45, 7) is 8.75. The van der Waals surface area contributed by atoms with Gasteiger partial charge in [-0.3, -0.25) is 9.69 Å². The number of fused-ring (bicyclic) bond motifs is 1. The van der Waals surface area contributed by atoms with Gasteiger partial charge in [-0.05, 0) is 78.8 Å². The zero-order valence-corrected chi connectivity index (χ0v) is 24.0. The van der Waals surface area contributed by atoms with Gasteiger partial charge >= 0.3 is 0 Å². The van der Waals surface area contributed by atoms with Crippen molar-refractivity contribution in [1.82, 2.24) is 9.80 Å². The predicted molar refractivity (Wildman–Crippen MR) is 166 cm³/mol. The van der Waals surface area contributed by atoms with Gasteiger partial charge < -0.3 is 16.4 Å². The van der Waals surface area contributed by atoms with Crippen LogP contribution in [0.1, 0.15) is 34.7 Å². The average molecular weight is 535 g/mol. The maximum absolute atomic E-state index is 13.7. The second kappa shape index (κ2) is 12.2. The minimum atomic E-state index is 0.0161. The molecule has 0 bridgehead atoms. The molecule has 40 heavy (non-hydrogen) atoms. The van der Waals surface area contributed by atoms with E-state index >= 15 is 0 Å². The molecular weight excluding hydrogens is 492 g/mol. The van der Waals surface area contributed by atoms with Crippen LogP contribution in [0.25, 0.3) is 10.8 Å². The van der Waals surface area contributed by atoms with Crippen LogP contribution in [0, 0.1) is 13.8 Å². The van der Waals surface area contributed by atoms with Crippen molar-refractivity contribution in [3.63, 3.8) is 0 Å². The van der Waals surface area contributed by atoms with Crippen LogP contribution in [-0.4, -0.2) is 53.5 Å². The van der Waals surface area contributed by atoms with Crippen LogP contribution in [0.4, 0.5) is 5.69 Å². The van der Waals surface area contributed by atoms with Gasteiger partial charge in [0.2, 0.25) is 5.91 Å². The summed E-state index contributed by atoms with van der Waals surface area (Å²) in [5, 5.41) is 2.37. The Morgan fingerprint density at radius 2 is 1.62 bits per heavy atom. The van der Waals surface area contributed by atoms with Crippen LogP contribution >= 0.6 is 0 Å². The first kappa shape index (κ1) is 27.9. The Morgan fingerprint density at radius 1 is 0.900 bits per heavy atom. The smallest absolute Gasteiger partial charge is 0.227 e. The van der Waals surface area contributed by atoms with Crippen LogP contribution in [0.15, 0.2) is 84.9 Å². The number of piperazine rings is 1. The average Bonchev–Trinajstić information content (AvgIpc) is 2.92. The summed E-state index contributed by atoms with van der Waals surface area (Å²) in [5.74, 6) is 0.185. The van der Waals surface area contributed by atoms with Crippen LogP contribution in [0.3, 0.4) is 0 Å². The molecule has 1 fully saturated rings. The molecule has 1 heterocycles. The monoisotopic (exact) mass is 534 g/mol. The quantitative estimate of drug-likeness (QED) is 0.301. The van der Waals surface area contributed by atoms with Crippen molar-refractivity contribution in [2.24, 2.45) is 5.73 Å². The molecule has 0 spiro atoms. The molecule has 5 rings (SSSR count). The highest BCUT2D eigenvalue weighted by molar-refractivity contribution is 5.85. The van der Waals surface area contributed by atoms with Crippen molar-refractivity contribution in [2.75, 3.05) is 25.4 Å². The van der Waals surface area contributed by atoms with Gasteiger partial charge in [-0.1, -0.05) is 78.4 Å². The van der Waals surface area contributed by atoms with E-state index < -0.39 is 0 Å². The molecule has 4 aromatic rings. The van der Waals surface area contributed by atoms with Gasteiger partial charge in [0.1, 0.15) is 0 Å². The highest BCUT2D eigenvalue weighted by atomic mass is 16.2. The molecular formula is C35H42N4O. The number of amides is 1. The predicted octanol–water partition coefficient (Wildman–Crippen LogP) is 5.30. The van der Waals surface area contributed by atoms with Crippen LogP contribution in [0.2, 0.25) is 0 Å². The number of nitrogens with two attached hydrogens (primary N) is 2. The molecule has 4 N–H and O–H groups in total. The first-order chi connectivity index (χ1) is 19.2. The van der Waals surface area contributed by atoms with Crippen LogP contribution < -0.4 is 11.5 Å². The number of nitrogens with zero attached hydrogens (tertiary/aromatic N) is 2. The van der Waals surface area contributed by atoms with Crippen molar-refractivity contribution in [3.05, 3.63) is 113 Å². The van der Waals surface area contributed by atoms with Gasteiger partial charge in [0.15, 0.2) is 0 Å². The summed E-state index contributed by atoms with van der Waals surface area (Å²) >= 11 is 0. The van der Waals surface area contributed by atoms with E-state index in [1.54, 1.807) is 0 Å². The lowest BCUT2D eigenvalue weighted by Crippen LogP contribution is -2.61. The molecule has 1 amide bonds. The molecule has 0 aliphatic carbocycles. The number of nitrogen functional groups attached to an aromatic ring is 1. The van der Waals surface area contributed by atoms with E-state index in [2.05, 4.69) is 91.2 Å². The summed E-state index contributed by atoms with van der Waals surface area (Å²) in [6.07, 6.45) is 2.11. The highest BCUT2D eigenvalue weighted by Gasteiger charge is 2.34. The van der Waals surface area contributed by atoms with E-state index in [1.807, 2.05) is 24.3 Å². The minimum Gasteiger partial charge on any atom is -0.399 e. The first-order valence-corrected chi connectivity index (χ1v) is 14.4. The molecule has 3 atom stereocenters. The number of benzene rings is 4. The Morgan fingerprint density at radius 3 is 2.38 bits per heavy atom. The van der Waals surface area contributed by atoms with E-state index in [9.17, 15) is 4.79 Å². The van der Waals surface area contributed by atoms with Gasteiger partial charge in [0.25, 0.3) is 0 Å². The topological polar surface area (TPSA) is 75.6 Å². The Labute approximate surface area is 238 Å². The lowest BCUT2D eigenvalue weighted by atomic mass is 9.96. The summed E-state index contributed by atoms with van der Waals surface area (Å²) in [5.41, 5.74) is 19.7. The first-order valence-electron chi connectivity index (χ1n) is 14.4. The largest absolute Gasteiger partial charge is 0.399 e. The summed E-state index contributed by atoms with van der Waals surface area (Å²) in [4.78, 5) is 18.3. The van der Waals surface area contributed by atoms with Gasteiger partial charge in [-0.15, -0.1) is 0 Å². The lowest BCUT2D eigenvalue weighted by Gasteiger charge is -2.46. The molecule has 0 radical (unpaired) electrons. The minimum absolute atomic E-state index is 0.0161. The highest BCUT2D eigenvalue weighted by Crippen LogP contribution is 2.23. The van der Waals surface area contributed by atoms with Crippen molar-refractivity contribution in [3.8, 4) is 0 Å². The van der Waals surface area contributed by atoms with Gasteiger partial charge in [0.05, 0.1) is 6.42 Å². The van der Waals surface area contributed by atoms with Crippen LogP contribution in [0.5, 0.6) is 0 Å². The van der Waals surface area contributed by atoms with E-state index in [1.165, 1.54) is 33.0 Å². The third-order valence-corrected chi connectivity index (χ3v) is 8.34. The molecule has 4 aromatic carbocycles. The fourth-order valence-corrected chi connectivity index (χ4v) is 6.15. The van der Waals surface area contributed by atoms with Gasteiger partial charge in [-0.25, -0.2) is 0 Å². The van der Waals surface area contributed by atoms with E-state index in [0.717, 1.165) is 37.2 Å². The van der Waals surface area contributed by atoms with E-state index in [4.69, 9.17) is 11.5 Å². The maximum Gasteiger partial charge on any atom is 0.227 e. The Balaban J connectivity index is 1.31. The standard InChI is InChI=1S/C35H42N4O/c1-24-8-12-30(25(2)16-24)20-33(37)22-38-21-26(3)39(23-34(38)18-27-10-14-32(36)15-11-27)35(40)19-28-9-13-29-6-4-5-7-31(29)17-28/h4-17,26,33-34H,18-23,36-37H2,1-3H3/t26-,33+,34+/m1/s1. The number of rotatable bonds is 8. The second-order valence-electron chi connectivity index (χ2n) is 11.7. The van der Waals surface area contributed by atoms with E-state index in [-0.39, 0.29) is 24.0 Å². The Hall–Kier alpha value is -3.67. The van der Waals surface area contributed by atoms with Crippen molar-refractivity contribution in [1.29, 1.82) is 0 Å². The molecule has 1 aliphatic heterocycles. The normalized spacial score (nSPS) is 18.6. The Bertz CT molecular complexity index is 1460. The van der Waals surface area contributed by atoms with Crippen molar-refractivity contribution < 1.29 is 4.79 Å². The Kier molecular flexibility index (Phi) is 8.53. The maximum atomic E-state index is 13.7. The number of aryl methyl sites for hydroxylation is 2. The van der Waals surface area contributed by atoms with Crippen molar-refractivity contribution >= 4 is 22.4 Å². The molecule has 0 saturated carbocycles. The molecule has 1 aliphatic rings. The molecule has 0 aromatic heterocycles. The third kappa shape index (κ3) is 6.72. The summed E-state index contributed by atoms with van der Waals surface area (Å²) < 4.78 is 0. The number of carbonyl (C=O) groups excluding carboxylic acids is 1. The zero-order chi connectivity index (χ0) is 28.2. The number of carbonyl (C=O) groups is 1. The fourth-order valence-electron chi connectivity index (χ4n) is 6.15. The van der Waals surface area contributed by atoms with Crippen molar-refractivity contribution in [2.45, 2.75) is 58.2 Å². The molecule has 5 nitrogen and oxygen atoms in total. The summed E-state index contributed by atoms with van der Waals surface area (Å²) in [7, 11) is 0. The number of anilines is 1. The molecule has 208 valence electrons. The SMILES string of the molecule is Cc1ccc(C[C@H](N)CN2C[C@@H](C)N(C(=O)Cc3ccc4ccccc4c3)C[C@@H]2Cc2ccc(N)cc2)c(C)c1. The zero-order valence-electron chi connectivity index (χ0n) is 24.0. The molecule has 0 unspecified atom stereocenters. The fraction of sp³-hybridized carbons (Fsp3) is 0.343. The molecule has 5 heteroatoms. The molecule has 1 saturated heterocycles. The van der Waals surface area contributed by atoms with Crippen LogP contribution in [-0.2, 0) is 24.1 Å². The van der Waals surface area contributed by atoms with E-state index in [0.29, 0.717) is 13.0 Å².